The van der Waals surface area contributed by atoms with Gasteiger partial charge in [0.05, 0.1) is 10.6 Å². The summed E-state index contributed by atoms with van der Waals surface area (Å²) in [6, 6.07) is 10.1. The van der Waals surface area contributed by atoms with Crippen molar-refractivity contribution in [2.24, 2.45) is 0 Å². The molecule has 0 aliphatic carbocycles. The summed E-state index contributed by atoms with van der Waals surface area (Å²) in [6.07, 6.45) is 0. The van der Waals surface area contributed by atoms with Crippen LogP contribution in [0, 0.1) is 27.7 Å². The van der Waals surface area contributed by atoms with Gasteiger partial charge in [0.1, 0.15) is 9.88 Å². The third-order valence-electron chi connectivity index (χ3n) is 5.41. The fraction of sp³-hybridized carbons (Fsp3) is 0.348. The molecule has 7 heteroatoms. The molecule has 5 nitrogen and oxygen atoms in total. The number of aryl methyl sites for hydroxylation is 4. The number of aromatic nitrogens is 1. The van der Waals surface area contributed by atoms with Gasteiger partial charge in [-0.05, 0) is 45.4 Å². The Morgan fingerprint density at radius 2 is 1.53 bits per heavy atom. The summed E-state index contributed by atoms with van der Waals surface area (Å²) in [5, 5.41) is 0.884. The van der Waals surface area contributed by atoms with Gasteiger partial charge in [0.25, 0.3) is 11.8 Å². The number of nitrogens with zero attached hydrogens (tertiary/aromatic N) is 3. The second-order valence-electron chi connectivity index (χ2n) is 7.75. The number of benzene rings is 1. The zero-order chi connectivity index (χ0) is 21.4. The van der Waals surface area contributed by atoms with E-state index in [-0.39, 0.29) is 11.8 Å². The van der Waals surface area contributed by atoms with E-state index >= 15 is 0 Å². The Bertz CT molecular complexity index is 1110. The Morgan fingerprint density at radius 1 is 0.867 bits per heavy atom. The van der Waals surface area contributed by atoms with E-state index in [0.717, 1.165) is 26.0 Å². The zero-order valence-electron chi connectivity index (χ0n) is 17.7. The van der Waals surface area contributed by atoms with Crippen LogP contribution in [-0.4, -0.2) is 52.8 Å². The van der Waals surface area contributed by atoms with Gasteiger partial charge in [-0.25, -0.2) is 4.98 Å². The van der Waals surface area contributed by atoms with Gasteiger partial charge < -0.3 is 9.80 Å². The number of hydrogen-bond donors (Lipinski definition) is 0. The number of amides is 2. The molecule has 1 saturated heterocycles. The van der Waals surface area contributed by atoms with Crippen molar-refractivity contribution < 1.29 is 9.59 Å². The van der Waals surface area contributed by atoms with E-state index in [1.165, 1.54) is 33.8 Å². The highest BCUT2D eigenvalue weighted by Crippen LogP contribution is 2.31. The molecule has 3 heterocycles. The van der Waals surface area contributed by atoms with E-state index in [9.17, 15) is 9.59 Å². The number of carbonyl (C=O) groups is 2. The Labute approximate surface area is 185 Å². The first-order valence-electron chi connectivity index (χ1n) is 10.0. The van der Waals surface area contributed by atoms with Gasteiger partial charge in [0.2, 0.25) is 0 Å². The first kappa shape index (κ1) is 20.8. The molecule has 3 aromatic rings. The maximum atomic E-state index is 13.1. The van der Waals surface area contributed by atoms with Crippen molar-refractivity contribution in [1.29, 1.82) is 0 Å². The highest BCUT2D eigenvalue weighted by Gasteiger charge is 2.28. The van der Waals surface area contributed by atoms with Crippen molar-refractivity contribution in [1.82, 2.24) is 14.8 Å². The van der Waals surface area contributed by atoms with Crippen LogP contribution in [0.1, 0.15) is 41.0 Å². The Kier molecular flexibility index (Phi) is 5.75. The van der Waals surface area contributed by atoms with E-state index in [2.05, 4.69) is 37.0 Å². The van der Waals surface area contributed by atoms with Crippen LogP contribution in [0.15, 0.2) is 30.3 Å². The minimum atomic E-state index is 0.0140. The fourth-order valence-corrected chi connectivity index (χ4v) is 5.69. The summed E-state index contributed by atoms with van der Waals surface area (Å²) in [4.78, 5) is 36.8. The van der Waals surface area contributed by atoms with Gasteiger partial charge in [-0.15, -0.1) is 22.7 Å². The summed E-state index contributed by atoms with van der Waals surface area (Å²) >= 11 is 2.98. The van der Waals surface area contributed by atoms with Crippen LogP contribution in [-0.2, 0) is 0 Å². The van der Waals surface area contributed by atoms with E-state index < -0.39 is 0 Å². The zero-order valence-corrected chi connectivity index (χ0v) is 19.3. The van der Waals surface area contributed by atoms with Crippen molar-refractivity contribution in [3.05, 3.63) is 61.8 Å². The summed E-state index contributed by atoms with van der Waals surface area (Å²) in [7, 11) is 0. The van der Waals surface area contributed by atoms with E-state index in [0.29, 0.717) is 31.1 Å². The number of thiazole rings is 1. The molecular weight excluding hydrogens is 414 g/mol. The minimum absolute atomic E-state index is 0.0140. The molecule has 0 bridgehead atoms. The van der Waals surface area contributed by atoms with Crippen LogP contribution in [0.5, 0.6) is 0 Å². The van der Waals surface area contributed by atoms with E-state index in [4.69, 9.17) is 0 Å². The van der Waals surface area contributed by atoms with Gasteiger partial charge in [-0.2, -0.15) is 0 Å². The van der Waals surface area contributed by atoms with Crippen molar-refractivity contribution in [3.8, 4) is 10.6 Å². The molecule has 0 unspecified atom stereocenters. The average Bonchev–Trinajstić information content (AvgIpc) is 3.33. The van der Waals surface area contributed by atoms with Gasteiger partial charge in [0, 0.05) is 36.6 Å². The van der Waals surface area contributed by atoms with Gasteiger partial charge in [0.15, 0.2) is 0 Å². The molecule has 156 valence electrons. The highest BCUT2D eigenvalue weighted by atomic mass is 32.1. The third kappa shape index (κ3) is 4.04. The van der Waals surface area contributed by atoms with Crippen LogP contribution in [0.4, 0.5) is 0 Å². The molecule has 1 aliphatic rings. The molecule has 1 aromatic carbocycles. The maximum absolute atomic E-state index is 13.1. The molecule has 2 aromatic heterocycles. The molecule has 0 saturated carbocycles. The lowest BCUT2D eigenvalue weighted by atomic mass is 10.1. The SMILES string of the molecule is Cc1ccc(-c2nc(C)c(C(=O)N3CCN(C(=O)c4ccc(C)s4)CC3)s2)c(C)c1. The summed E-state index contributed by atoms with van der Waals surface area (Å²) in [5.41, 5.74) is 4.23. The molecule has 0 spiro atoms. The Morgan fingerprint density at radius 3 is 2.13 bits per heavy atom. The molecule has 0 N–H and O–H groups in total. The lowest BCUT2D eigenvalue weighted by Gasteiger charge is -2.34. The molecule has 4 rings (SSSR count). The first-order chi connectivity index (χ1) is 14.3. The number of thiophene rings is 1. The number of piperazine rings is 1. The van der Waals surface area contributed by atoms with Crippen LogP contribution in [0.3, 0.4) is 0 Å². The molecular formula is C23H25N3O2S2. The topological polar surface area (TPSA) is 53.5 Å². The second-order valence-corrected chi connectivity index (χ2v) is 10.0. The van der Waals surface area contributed by atoms with E-state index in [1.807, 2.05) is 35.8 Å². The first-order valence-corrected chi connectivity index (χ1v) is 11.7. The summed E-state index contributed by atoms with van der Waals surface area (Å²) < 4.78 is 0. The Balaban J connectivity index is 1.46. The molecule has 1 fully saturated rings. The van der Waals surface area contributed by atoms with Gasteiger partial charge >= 0.3 is 0 Å². The minimum Gasteiger partial charge on any atom is -0.334 e. The maximum Gasteiger partial charge on any atom is 0.265 e. The van der Waals surface area contributed by atoms with Crippen LogP contribution >= 0.6 is 22.7 Å². The van der Waals surface area contributed by atoms with Gasteiger partial charge in [-0.1, -0.05) is 23.8 Å². The molecule has 2 amide bonds. The smallest absolute Gasteiger partial charge is 0.265 e. The summed E-state index contributed by atoms with van der Waals surface area (Å²) in [6.45, 7) is 10.3. The predicted molar refractivity (Wildman–Crippen MR) is 123 cm³/mol. The molecule has 1 aliphatic heterocycles. The number of carbonyl (C=O) groups excluding carboxylic acids is 2. The fourth-order valence-electron chi connectivity index (χ4n) is 3.73. The van der Waals surface area contributed by atoms with Crippen molar-refractivity contribution in [2.75, 3.05) is 26.2 Å². The van der Waals surface area contributed by atoms with Crippen LogP contribution in [0.2, 0.25) is 0 Å². The average molecular weight is 440 g/mol. The quantitative estimate of drug-likeness (QED) is 0.594. The van der Waals surface area contributed by atoms with E-state index in [1.54, 1.807) is 0 Å². The van der Waals surface area contributed by atoms with Gasteiger partial charge in [-0.3, -0.25) is 9.59 Å². The van der Waals surface area contributed by atoms with Crippen LogP contribution < -0.4 is 0 Å². The standard InChI is InChI=1S/C23H25N3O2S2/c1-14-5-7-18(15(2)13-14)21-24-17(4)20(30-21)23(28)26-11-9-25(10-12-26)22(27)19-8-6-16(3)29-19/h5-8,13H,9-12H2,1-4H3. The third-order valence-corrected chi connectivity index (χ3v) is 7.58. The molecule has 30 heavy (non-hydrogen) atoms. The molecule has 0 atom stereocenters. The van der Waals surface area contributed by atoms with Crippen molar-refractivity contribution in [2.45, 2.75) is 27.7 Å². The van der Waals surface area contributed by atoms with Crippen molar-refractivity contribution >= 4 is 34.5 Å². The van der Waals surface area contributed by atoms with Crippen LogP contribution in [0.25, 0.3) is 10.6 Å². The Hall–Kier alpha value is -2.51. The second kappa shape index (κ2) is 8.32. The monoisotopic (exact) mass is 439 g/mol. The summed E-state index contributed by atoms with van der Waals surface area (Å²) in [5.74, 6) is 0.0754. The number of hydrogen-bond acceptors (Lipinski definition) is 5. The normalized spacial score (nSPS) is 14.3. The largest absolute Gasteiger partial charge is 0.334 e. The van der Waals surface area contributed by atoms with Crippen molar-refractivity contribution in [3.63, 3.8) is 0 Å². The highest BCUT2D eigenvalue weighted by molar-refractivity contribution is 7.17. The number of rotatable bonds is 3. The molecule has 0 radical (unpaired) electrons. The lowest BCUT2D eigenvalue weighted by molar-refractivity contribution is 0.0540. The predicted octanol–water partition coefficient (Wildman–Crippen LogP) is 4.70. The lowest BCUT2D eigenvalue weighted by Crippen LogP contribution is -2.50.